The summed E-state index contributed by atoms with van der Waals surface area (Å²) in [6, 6.07) is 10.7. The van der Waals surface area contributed by atoms with Gasteiger partial charge in [-0.15, -0.1) is 0 Å². The molecule has 0 radical (unpaired) electrons. The molecule has 1 heterocycles. The minimum atomic E-state index is 0.0283. The van der Waals surface area contributed by atoms with Crippen molar-refractivity contribution in [1.82, 2.24) is 5.32 Å². The number of rotatable bonds is 3. The maximum Gasteiger partial charge on any atom is 0.0616 e. The number of hydrogen-bond acceptors (Lipinski definition) is 2. The highest BCUT2D eigenvalue weighted by atomic mass is 16.3. The Morgan fingerprint density at radius 3 is 2.75 bits per heavy atom. The van der Waals surface area contributed by atoms with Crippen LogP contribution in [0.3, 0.4) is 0 Å². The summed E-state index contributed by atoms with van der Waals surface area (Å²) in [4.78, 5) is 0. The quantitative estimate of drug-likeness (QED) is 0.810. The number of aliphatic hydroxyl groups excluding tert-OH is 1. The van der Waals surface area contributed by atoms with Crippen molar-refractivity contribution in [2.24, 2.45) is 5.92 Å². The van der Waals surface area contributed by atoms with Gasteiger partial charge in [0, 0.05) is 5.54 Å². The lowest BCUT2D eigenvalue weighted by Gasteiger charge is -2.27. The van der Waals surface area contributed by atoms with Crippen LogP contribution in [0, 0.1) is 5.92 Å². The van der Waals surface area contributed by atoms with Crippen LogP contribution in [0.1, 0.15) is 30.7 Å². The topological polar surface area (TPSA) is 32.3 Å². The van der Waals surface area contributed by atoms with Crippen molar-refractivity contribution >= 4 is 0 Å². The van der Waals surface area contributed by atoms with E-state index < -0.39 is 0 Å². The van der Waals surface area contributed by atoms with E-state index in [0.29, 0.717) is 18.4 Å². The summed E-state index contributed by atoms with van der Waals surface area (Å²) >= 11 is 0. The van der Waals surface area contributed by atoms with Crippen LogP contribution in [-0.4, -0.2) is 23.8 Å². The molecular formula is C14H19NO. The van der Waals surface area contributed by atoms with Gasteiger partial charge in [-0.25, -0.2) is 0 Å². The number of hydrogen-bond donors (Lipinski definition) is 2. The van der Waals surface area contributed by atoms with E-state index in [2.05, 4.69) is 35.6 Å². The second-order valence-corrected chi connectivity index (χ2v) is 5.20. The molecule has 0 spiro atoms. The Bertz CT molecular complexity index is 356. The van der Waals surface area contributed by atoms with Crippen molar-refractivity contribution in [3.05, 3.63) is 35.9 Å². The lowest BCUT2D eigenvalue weighted by molar-refractivity contribution is 0.156. The van der Waals surface area contributed by atoms with E-state index in [9.17, 15) is 5.11 Å². The molecule has 0 aromatic heterocycles. The maximum absolute atomic E-state index is 9.63. The molecule has 3 rings (SSSR count). The van der Waals surface area contributed by atoms with Gasteiger partial charge in [-0.3, -0.25) is 0 Å². The van der Waals surface area contributed by atoms with Crippen LogP contribution in [-0.2, 0) is 0 Å². The van der Waals surface area contributed by atoms with Gasteiger partial charge >= 0.3 is 0 Å². The van der Waals surface area contributed by atoms with Gasteiger partial charge in [0.05, 0.1) is 6.61 Å². The van der Waals surface area contributed by atoms with Gasteiger partial charge < -0.3 is 10.4 Å². The number of nitrogens with one attached hydrogen (secondary N) is 1. The first-order valence-electron chi connectivity index (χ1n) is 6.26. The van der Waals surface area contributed by atoms with E-state index in [-0.39, 0.29) is 5.54 Å². The van der Waals surface area contributed by atoms with Gasteiger partial charge in [-0.05, 0) is 43.2 Å². The third kappa shape index (κ3) is 1.57. The van der Waals surface area contributed by atoms with Crippen LogP contribution in [0.2, 0.25) is 0 Å². The SMILES string of the molecule is OCC1(C2CC2c2ccccc2)CCCN1. The first-order chi connectivity index (χ1) is 7.86. The zero-order chi connectivity index (χ0) is 11.0. The lowest BCUT2D eigenvalue weighted by atomic mass is 9.90. The second-order valence-electron chi connectivity index (χ2n) is 5.20. The molecule has 86 valence electrons. The van der Waals surface area contributed by atoms with Crippen LogP contribution in [0.25, 0.3) is 0 Å². The summed E-state index contributed by atoms with van der Waals surface area (Å²) in [5.74, 6) is 1.31. The largest absolute Gasteiger partial charge is 0.394 e. The van der Waals surface area contributed by atoms with Gasteiger partial charge in [0.25, 0.3) is 0 Å². The molecule has 3 atom stereocenters. The fourth-order valence-corrected chi connectivity index (χ4v) is 3.27. The molecule has 1 saturated carbocycles. The van der Waals surface area contributed by atoms with E-state index in [1.54, 1.807) is 0 Å². The van der Waals surface area contributed by atoms with Gasteiger partial charge in [0.15, 0.2) is 0 Å². The minimum absolute atomic E-state index is 0.0283. The van der Waals surface area contributed by atoms with Gasteiger partial charge in [0.2, 0.25) is 0 Å². The van der Waals surface area contributed by atoms with Crippen LogP contribution >= 0.6 is 0 Å². The fraction of sp³-hybridized carbons (Fsp3) is 0.571. The Hall–Kier alpha value is -0.860. The van der Waals surface area contributed by atoms with E-state index in [1.807, 2.05) is 0 Å². The molecule has 0 amide bonds. The molecule has 16 heavy (non-hydrogen) atoms. The zero-order valence-corrected chi connectivity index (χ0v) is 9.52. The van der Waals surface area contributed by atoms with Crippen molar-refractivity contribution < 1.29 is 5.11 Å². The van der Waals surface area contributed by atoms with Crippen LogP contribution in [0.15, 0.2) is 30.3 Å². The third-order valence-corrected chi connectivity index (χ3v) is 4.29. The summed E-state index contributed by atoms with van der Waals surface area (Å²) in [6.07, 6.45) is 3.58. The maximum atomic E-state index is 9.63. The summed E-state index contributed by atoms with van der Waals surface area (Å²) in [7, 11) is 0. The molecule has 1 saturated heterocycles. The molecule has 2 fully saturated rings. The highest BCUT2D eigenvalue weighted by Crippen LogP contribution is 2.55. The Balaban J connectivity index is 1.76. The zero-order valence-electron chi connectivity index (χ0n) is 9.52. The second kappa shape index (κ2) is 3.86. The Kier molecular flexibility index (Phi) is 2.49. The van der Waals surface area contributed by atoms with Gasteiger partial charge in [-0.2, -0.15) is 0 Å². The number of benzene rings is 1. The van der Waals surface area contributed by atoms with Crippen molar-refractivity contribution in [3.8, 4) is 0 Å². The Labute approximate surface area is 96.7 Å². The molecule has 1 aromatic rings. The molecule has 2 N–H and O–H groups in total. The third-order valence-electron chi connectivity index (χ3n) is 4.29. The average Bonchev–Trinajstić information content (AvgIpc) is 3.02. The minimum Gasteiger partial charge on any atom is -0.394 e. The monoisotopic (exact) mass is 217 g/mol. The predicted molar refractivity (Wildman–Crippen MR) is 64.3 cm³/mol. The Morgan fingerprint density at radius 1 is 1.31 bits per heavy atom. The van der Waals surface area contributed by atoms with E-state index in [1.165, 1.54) is 18.4 Å². The lowest BCUT2D eigenvalue weighted by Crippen LogP contribution is -2.46. The summed E-state index contributed by atoms with van der Waals surface area (Å²) in [5, 5.41) is 13.2. The standard InChI is InChI=1S/C14H19NO/c16-10-14(7-4-8-15-14)13-9-12(13)11-5-2-1-3-6-11/h1-3,5-6,12-13,15-16H,4,7-10H2. The smallest absolute Gasteiger partial charge is 0.0616 e. The van der Waals surface area contributed by atoms with E-state index in [0.717, 1.165) is 13.0 Å². The molecule has 1 aromatic carbocycles. The Morgan fingerprint density at radius 2 is 2.12 bits per heavy atom. The van der Waals surface area contributed by atoms with E-state index in [4.69, 9.17) is 0 Å². The van der Waals surface area contributed by atoms with Crippen molar-refractivity contribution in [2.75, 3.05) is 13.2 Å². The van der Waals surface area contributed by atoms with Gasteiger partial charge in [0.1, 0.15) is 0 Å². The molecule has 1 aliphatic carbocycles. The van der Waals surface area contributed by atoms with Crippen LogP contribution in [0.5, 0.6) is 0 Å². The summed E-state index contributed by atoms with van der Waals surface area (Å²) in [6.45, 7) is 1.36. The van der Waals surface area contributed by atoms with Gasteiger partial charge in [-0.1, -0.05) is 30.3 Å². The first kappa shape index (κ1) is 10.3. The molecule has 2 heteroatoms. The average molecular weight is 217 g/mol. The molecule has 2 nitrogen and oxygen atoms in total. The van der Waals surface area contributed by atoms with Crippen LogP contribution in [0.4, 0.5) is 0 Å². The molecule has 2 aliphatic rings. The number of aliphatic hydroxyl groups is 1. The highest BCUT2D eigenvalue weighted by Gasteiger charge is 2.53. The summed E-state index contributed by atoms with van der Waals surface area (Å²) < 4.78 is 0. The fourth-order valence-electron chi connectivity index (χ4n) is 3.27. The van der Waals surface area contributed by atoms with Crippen molar-refractivity contribution in [2.45, 2.75) is 30.7 Å². The highest BCUT2D eigenvalue weighted by molar-refractivity contribution is 5.29. The predicted octanol–water partition coefficient (Wildman–Crippen LogP) is 1.90. The van der Waals surface area contributed by atoms with Crippen molar-refractivity contribution in [1.29, 1.82) is 0 Å². The molecule has 0 bridgehead atoms. The van der Waals surface area contributed by atoms with E-state index >= 15 is 0 Å². The van der Waals surface area contributed by atoms with Crippen molar-refractivity contribution in [3.63, 3.8) is 0 Å². The molecular weight excluding hydrogens is 198 g/mol. The van der Waals surface area contributed by atoms with Crippen LogP contribution < -0.4 is 5.32 Å². The first-order valence-corrected chi connectivity index (χ1v) is 6.26. The molecule has 3 unspecified atom stereocenters. The molecule has 1 aliphatic heterocycles. The summed E-state index contributed by atoms with van der Waals surface area (Å²) in [5.41, 5.74) is 1.47. The normalized spacial score (nSPS) is 37.6.